The summed E-state index contributed by atoms with van der Waals surface area (Å²) in [6.07, 6.45) is 0. The Morgan fingerprint density at radius 2 is 1.83 bits per heavy atom. The van der Waals surface area contributed by atoms with Crippen LogP contribution in [0, 0.1) is 0 Å². The summed E-state index contributed by atoms with van der Waals surface area (Å²) in [6.45, 7) is 2.12. The molecule has 7 heteroatoms. The molecule has 0 saturated heterocycles. The van der Waals surface area contributed by atoms with Crippen LogP contribution < -0.4 is 10.2 Å². The summed E-state index contributed by atoms with van der Waals surface area (Å²) in [4.78, 5) is 28.0. The third-order valence-corrected chi connectivity index (χ3v) is 6.59. The zero-order valence-corrected chi connectivity index (χ0v) is 17.5. The summed E-state index contributed by atoms with van der Waals surface area (Å²) in [5, 5.41) is 4.26. The van der Waals surface area contributed by atoms with Gasteiger partial charge in [-0.05, 0) is 30.7 Å². The van der Waals surface area contributed by atoms with Crippen LogP contribution in [0.4, 0.5) is 10.7 Å². The van der Waals surface area contributed by atoms with Gasteiger partial charge in [-0.3, -0.25) is 14.5 Å². The van der Waals surface area contributed by atoms with Crippen molar-refractivity contribution in [3.05, 3.63) is 72.3 Å². The van der Waals surface area contributed by atoms with Crippen LogP contribution in [0.1, 0.15) is 17.3 Å². The van der Waals surface area contributed by atoms with E-state index in [4.69, 9.17) is 4.74 Å². The predicted octanol–water partition coefficient (Wildman–Crippen LogP) is 5.07. The van der Waals surface area contributed by atoms with E-state index in [0.717, 1.165) is 21.1 Å². The Balaban J connectivity index is 1.67. The fourth-order valence-electron chi connectivity index (χ4n) is 3.12. The molecule has 0 aliphatic carbocycles. The zero-order chi connectivity index (χ0) is 20.2. The number of benzene rings is 2. The Bertz CT molecular complexity index is 1010. The molecule has 148 valence electrons. The van der Waals surface area contributed by atoms with Crippen LogP contribution in [0.5, 0.6) is 0 Å². The highest BCUT2D eigenvalue weighted by molar-refractivity contribution is 8.00. The monoisotopic (exact) mass is 424 g/mol. The van der Waals surface area contributed by atoms with Gasteiger partial charge >= 0.3 is 5.97 Å². The molecule has 2 aromatic carbocycles. The lowest BCUT2D eigenvalue weighted by atomic mass is 10.1. The number of anilines is 2. The molecule has 3 aromatic rings. The van der Waals surface area contributed by atoms with Crippen LogP contribution >= 0.6 is 23.1 Å². The molecule has 4 rings (SSSR count). The van der Waals surface area contributed by atoms with Crippen LogP contribution in [-0.4, -0.2) is 29.7 Å². The number of fused-ring (bicyclic) bond motifs is 1. The maximum Gasteiger partial charge on any atom is 0.316 e. The summed E-state index contributed by atoms with van der Waals surface area (Å²) in [5.74, 6) is -0.208. The number of ether oxygens (including phenoxy) is 1. The summed E-state index contributed by atoms with van der Waals surface area (Å²) >= 11 is 2.90. The van der Waals surface area contributed by atoms with E-state index in [0.29, 0.717) is 12.2 Å². The second kappa shape index (κ2) is 8.71. The van der Waals surface area contributed by atoms with Gasteiger partial charge in [-0.15, -0.1) is 23.1 Å². The molecule has 0 fully saturated rings. The number of carbonyl (C=O) groups is 2. The molecule has 1 unspecified atom stereocenters. The van der Waals surface area contributed by atoms with E-state index in [9.17, 15) is 9.59 Å². The fourth-order valence-corrected chi connectivity index (χ4v) is 5.22. The Hall–Kier alpha value is -2.77. The van der Waals surface area contributed by atoms with E-state index < -0.39 is 5.50 Å². The Kier molecular flexibility index (Phi) is 5.87. The summed E-state index contributed by atoms with van der Waals surface area (Å²) in [7, 11) is 0. The highest BCUT2D eigenvalue weighted by atomic mass is 32.2. The quantitative estimate of drug-likeness (QED) is 0.560. The molecule has 0 spiro atoms. The Labute approximate surface area is 177 Å². The van der Waals surface area contributed by atoms with Gasteiger partial charge in [-0.2, -0.15) is 0 Å². The topological polar surface area (TPSA) is 58.6 Å². The minimum Gasteiger partial charge on any atom is -0.465 e. The SMILES string of the molecule is CCOC(=O)CSC1Nc2sc(-c3ccccc3)cc2C(=O)N1c1ccccc1. The third kappa shape index (κ3) is 4.16. The van der Waals surface area contributed by atoms with Gasteiger partial charge in [0.15, 0.2) is 5.50 Å². The van der Waals surface area contributed by atoms with Gasteiger partial charge in [-0.1, -0.05) is 48.5 Å². The summed E-state index contributed by atoms with van der Waals surface area (Å²) in [5.41, 5.74) is 2.10. The minimum absolute atomic E-state index is 0.0789. The van der Waals surface area contributed by atoms with Crippen LogP contribution in [-0.2, 0) is 9.53 Å². The van der Waals surface area contributed by atoms with Gasteiger partial charge in [0.25, 0.3) is 5.91 Å². The van der Waals surface area contributed by atoms with E-state index >= 15 is 0 Å². The molecule has 1 aromatic heterocycles. The number of hydrogen-bond donors (Lipinski definition) is 1. The molecule has 1 amide bonds. The van der Waals surface area contributed by atoms with E-state index in [-0.39, 0.29) is 17.6 Å². The van der Waals surface area contributed by atoms with Crippen molar-refractivity contribution in [2.45, 2.75) is 12.4 Å². The number of nitrogens with zero attached hydrogens (tertiary/aromatic N) is 1. The molecule has 1 aliphatic rings. The second-order valence-corrected chi connectivity index (χ2v) is 8.46. The molecule has 0 radical (unpaired) electrons. The number of esters is 1. The molecule has 0 saturated carbocycles. The van der Waals surface area contributed by atoms with Crippen molar-refractivity contribution in [1.82, 2.24) is 0 Å². The van der Waals surface area contributed by atoms with Crippen molar-refractivity contribution in [3.63, 3.8) is 0 Å². The van der Waals surface area contributed by atoms with Crippen LogP contribution in [0.2, 0.25) is 0 Å². The molecule has 1 aliphatic heterocycles. The average molecular weight is 425 g/mol. The molecule has 5 nitrogen and oxygen atoms in total. The fraction of sp³-hybridized carbons (Fsp3) is 0.182. The van der Waals surface area contributed by atoms with E-state index in [1.807, 2.05) is 66.7 Å². The molecule has 2 heterocycles. The Morgan fingerprint density at radius 1 is 1.14 bits per heavy atom. The average Bonchev–Trinajstić information content (AvgIpc) is 3.18. The van der Waals surface area contributed by atoms with Gasteiger partial charge in [0, 0.05) is 10.6 Å². The van der Waals surface area contributed by atoms with Crippen molar-refractivity contribution in [2.24, 2.45) is 0 Å². The molecule has 1 N–H and O–H groups in total. The van der Waals surface area contributed by atoms with E-state index in [2.05, 4.69) is 5.32 Å². The lowest BCUT2D eigenvalue weighted by Gasteiger charge is -2.35. The first-order chi connectivity index (χ1) is 14.2. The molecule has 1 atom stereocenters. The standard InChI is InChI=1S/C22H20N2O3S2/c1-2-27-19(25)14-28-22-23-20-17(13-18(29-20)15-9-5-3-6-10-15)21(26)24(22)16-11-7-4-8-12-16/h3-13,22-23H,2,14H2,1H3. The lowest BCUT2D eigenvalue weighted by Crippen LogP contribution is -2.47. The highest BCUT2D eigenvalue weighted by Crippen LogP contribution is 2.42. The third-order valence-electron chi connectivity index (χ3n) is 4.43. The summed E-state index contributed by atoms with van der Waals surface area (Å²) in [6, 6.07) is 21.4. The first-order valence-electron chi connectivity index (χ1n) is 9.29. The van der Waals surface area contributed by atoms with Gasteiger partial charge in [0.05, 0.1) is 17.9 Å². The van der Waals surface area contributed by atoms with Crippen molar-refractivity contribution >= 4 is 45.7 Å². The largest absolute Gasteiger partial charge is 0.465 e. The minimum atomic E-state index is -0.399. The number of carbonyl (C=O) groups excluding carboxylic acids is 2. The summed E-state index contributed by atoms with van der Waals surface area (Å²) < 4.78 is 5.04. The van der Waals surface area contributed by atoms with E-state index in [1.165, 1.54) is 11.8 Å². The number of thioether (sulfide) groups is 1. The first kappa shape index (κ1) is 19.5. The molecular weight excluding hydrogens is 404 g/mol. The van der Waals surface area contributed by atoms with Crippen molar-refractivity contribution in [3.8, 4) is 10.4 Å². The van der Waals surface area contributed by atoms with Crippen LogP contribution in [0.25, 0.3) is 10.4 Å². The van der Waals surface area contributed by atoms with Gasteiger partial charge < -0.3 is 10.1 Å². The number of amides is 1. The lowest BCUT2D eigenvalue weighted by molar-refractivity contribution is -0.139. The normalized spacial score (nSPS) is 15.6. The van der Waals surface area contributed by atoms with E-state index in [1.54, 1.807) is 23.2 Å². The maximum atomic E-state index is 13.4. The van der Waals surface area contributed by atoms with Crippen LogP contribution in [0.3, 0.4) is 0 Å². The first-order valence-corrected chi connectivity index (χ1v) is 11.2. The number of rotatable bonds is 6. The predicted molar refractivity (Wildman–Crippen MR) is 120 cm³/mol. The number of nitrogens with one attached hydrogen (secondary N) is 1. The van der Waals surface area contributed by atoms with Gasteiger partial charge in [0.1, 0.15) is 5.00 Å². The number of para-hydroxylation sites is 1. The second-order valence-electron chi connectivity index (χ2n) is 6.34. The molecular formula is C22H20N2O3S2. The van der Waals surface area contributed by atoms with Crippen molar-refractivity contribution in [1.29, 1.82) is 0 Å². The van der Waals surface area contributed by atoms with Gasteiger partial charge in [-0.25, -0.2) is 0 Å². The Morgan fingerprint density at radius 3 is 2.52 bits per heavy atom. The smallest absolute Gasteiger partial charge is 0.316 e. The molecule has 0 bridgehead atoms. The highest BCUT2D eigenvalue weighted by Gasteiger charge is 2.35. The van der Waals surface area contributed by atoms with Crippen molar-refractivity contribution in [2.75, 3.05) is 22.6 Å². The number of thiophene rings is 1. The maximum absolute atomic E-state index is 13.4. The molecule has 29 heavy (non-hydrogen) atoms. The zero-order valence-electron chi connectivity index (χ0n) is 15.8. The van der Waals surface area contributed by atoms with Gasteiger partial charge in [0.2, 0.25) is 0 Å². The van der Waals surface area contributed by atoms with Crippen molar-refractivity contribution < 1.29 is 14.3 Å². The number of hydrogen-bond acceptors (Lipinski definition) is 6. The van der Waals surface area contributed by atoms with Crippen LogP contribution in [0.15, 0.2) is 66.7 Å².